The molecule has 0 bridgehead atoms. The Labute approximate surface area is 113 Å². The second kappa shape index (κ2) is 6.87. The number of methoxy groups -OCH3 is 3. The Balaban J connectivity index is 3.12. The highest BCUT2D eigenvalue weighted by molar-refractivity contribution is 5.70. The fraction of sp³-hybridized carbons (Fsp3) is 0.500. The summed E-state index contributed by atoms with van der Waals surface area (Å²) in [4.78, 5) is 11.1. The van der Waals surface area contributed by atoms with E-state index in [2.05, 4.69) is 0 Å². The lowest BCUT2D eigenvalue weighted by atomic mass is 9.96. The van der Waals surface area contributed by atoms with Gasteiger partial charge in [0.15, 0.2) is 11.5 Å². The van der Waals surface area contributed by atoms with Crippen LogP contribution in [0.15, 0.2) is 12.1 Å². The van der Waals surface area contributed by atoms with Gasteiger partial charge in [-0.15, -0.1) is 0 Å². The van der Waals surface area contributed by atoms with Crippen molar-refractivity contribution in [3.8, 4) is 17.2 Å². The molecule has 106 valence electrons. The summed E-state index contributed by atoms with van der Waals surface area (Å²) in [5.74, 6) is 0.380. The van der Waals surface area contributed by atoms with Crippen LogP contribution in [0.4, 0.5) is 0 Å². The van der Waals surface area contributed by atoms with Gasteiger partial charge in [-0.25, -0.2) is 0 Å². The van der Waals surface area contributed by atoms with Crippen molar-refractivity contribution in [3.63, 3.8) is 0 Å². The zero-order valence-corrected chi connectivity index (χ0v) is 11.7. The Hall–Kier alpha value is -1.91. The van der Waals surface area contributed by atoms with E-state index >= 15 is 0 Å². The van der Waals surface area contributed by atoms with E-state index < -0.39 is 11.9 Å². The van der Waals surface area contributed by atoms with Gasteiger partial charge in [0.25, 0.3) is 0 Å². The minimum absolute atomic E-state index is 0.414. The molecular formula is C14H20O5. The van der Waals surface area contributed by atoms with Crippen LogP contribution >= 0.6 is 0 Å². The summed E-state index contributed by atoms with van der Waals surface area (Å²) in [7, 11) is 4.61. The highest BCUT2D eigenvalue weighted by Crippen LogP contribution is 2.38. The van der Waals surface area contributed by atoms with Gasteiger partial charge >= 0.3 is 5.97 Å². The first-order valence-corrected chi connectivity index (χ1v) is 6.09. The van der Waals surface area contributed by atoms with Crippen LogP contribution in [0.1, 0.15) is 18.9 Å². The van der Waals surface area contributed by atoms with Gasteiger partial charge in [-0.3, -0.25) is 4.79 Å². The summed E-state index contributed by atoms with van der Waals surface area (Å²) in [6, 6.07) is 3.57. The summed E-state index contributed by atoms with van der Waals surface area (Å²) in [6.45, 7) is 1.86. The third-order valence-electron chi connectivity index (χ3n) is 3.05. The lowest BCUT2D eigenvalue weighted by Crippen LogP contribution is -2.15. The molecule has 1 aromatic carbocycles. The van der Waals surface area contributed by atoms with Crippen LogP contribution in [-0.2, 0) is 11.2 Å². The van der Waals surface area contributed by atoms with Crippen LogP contribution in [0.25, 0.3) is 0 Å². The molecule has 5 heteroatoms. The lowest BCUT2D eigenvalue weighted by Gasteiger charge is -2.15. The third-order valence-corrected chi connectivity index (χ3v) is 3.05. The largest absolute Gasteiger partial charge is 0.493 e. The number of carbonyl (C=O) groups is 1. The maximum Gasteiger partial charge on any atom is 0.306 e. The molecule has 0 aliphatic rings. The highest BCUT2D eigenvalue weighted by atomic mass is 16.5. The monoisotopic (exact) mass is 268 g/mol. The number of rotatable bonds is 7. The number of aliphatic carboxylic acids is 1. The van der Waals surface area contributed by atoms with Crippen LogP contribution in [0.2, 0.25) is 0 Å². The summed E-state index contributed by atoms with van der Waals surface area (Å²) < 4.78 is 15.7. The van der Waals surface area contributed by atoms with Crippen LogP contribution in [0, 0.1) is 5.92 Å². The van der Waals surface area contributed by atoms with E-state index in [-0.39, 0.29) is 0 Å². The minimum Gasteiger partial charge on any atom is -0.493 e. The molecule has 0 aromatic heterocycles. The smallest absolute Gasteiger partial charge is 0.306 e. The molecule has 1 aromatic rings. The maximum atomic E-state index is 11.1. The Morgan fingerprint density at radius 1 is 1.16 bits per heavy atom. The van der Waals surface area contributed by atoms with Gasteiger partial charge in [-0.1, -0.05) is 6.92 Å². The molecule has 19 heavy (non-hydrogen) atoms. The van der Waals surface area contributed by atoms with Crippen molar-refractivity contribution in [3.05, 3.63) is 17.7 Å². The van der Waals surface area contributed by atoms with Crippen molar-refractivity contribution in [1.82, 2.24) is 0 Å². The van der Waals surface area contributed by atoms with Crippen molar-refractivity contribution < 1.29 is 24.1 Å². The summed E-state index contributed by atoms with van der Waals surface area (Å²) in [6.07, 6.45) is 1.01. The van der Waals surface area contributed by atoms with Crippen LogP contribution in [0.3, 0.4) is 0 Å². The Bertz CT molecular complexity index is 416. The predicted octanol–water partition coefficient (Wildman–Crippen LogP) is 2.37. The molecule has 1 unspecified atom stereocenters. The molecule has 5 nitrogen and oxygen atoms in total. The van der Waals surface area contributed by atoms with E-state index in [1.165, 1.54) is 21.3 Å². The molecule has 0 heterocycles. The molecule has 0 radical (unpaired) electrons. The maximum absolute atomic E-state index is 11.1. The molecule has 0 spiro atoms. The van der Waals surface area contributed by atoms with E-state index in [9.17, 15) is 4.79 Å². The second-order valence-electron chi connectivity index (χ2n) is 4.18. The lowest BCUT2D eigenvalue weighted by molar-refractivity contribution is -0.141. The molecule has 0 aliphatic carbocycles. The molecule has 0 saturated carbocycles. The summed E-state index contributed by atoms with van der Waals surface area (Å²) in [5, 5.41) is 9.10. The van der Waals surface area contributed by atoms with E-state index in [1.54, 1.807) is 12.1 Å². The van der Waals surface area contributed by atoms with E-state index in [0.29, 0.717) is 30.1 Å². The Morgan fingerprint density at radius 2 is 1.68 bits per heavy atom. The topological polar surface area (TPSA) is 65.0 Å². The van der Waals surface area contributed by atoms with Crippen LogP contribution in [-0.4, -0.2) is 32.4 Å². The highest BCUT2D eigenvalue weighted by Gasteiger charge is 2.19. The third kappa shape index (κ3) is 3.53. The number of hydrogen-bond donors (Lipinski definition) is 1. The van der Waals surface area contributed by atoms with Crippen molar-refractivity contribution in [2.75, 3.05) is 21.3 Å². The predicted molar refractivity (Wildman–Crippen MR) is 71.2 cm³/mol. The first kappa shape index (κ1) is 15.1. The molecule has 1 rings (SSSR count). The van der Waals surface area contributed by atoms with Gasteiger partial charge < -0.3 is 19.3 Å². The molecule has 1 atom stereocenters. The van der Waals surface area contributed by atoms with E-state index in [4.69, 9.17) is 19.3 Å². The number of hydrogen-bond acceptors (Lipinski definition) is 4. The standard InChI is InChI=1S/C14H20O5/c1-5-10(14(15)16)6-9-7-11(17-2)13(19-4)12(8-9)18-3/h7-8,10H,5-6H2,1-4H3,(H,15,16). The fourth-order valence-electron chi connectivity index (χ4n) is 1.94. The van der Waals surface area contributed by atoms with Gasteiger partial charge in [0.05, 0.1) is 27.2 Å². The van der Waals surface area contributed by atoms with Gasteiger partial charge in [-0.05, 0) is 30.5 Å². The fourth-order valence-corrected chi connectivity index (χ4v) is 1.94. The number of ether oxygens (including phenoxy) is 3. The quantitative estimate of drug-likeness (QED) is 0.822. The van der Waals surface area contributed by atoms with Crippen molar-refractivity contribution in [2.24, 2.45) is 5.92 Å². The second-order valence-corrected chi connectivity index (χ2v) is 4.18. The zero-order chi connectivity index (χ0) is 14.4. The molecule has 0 aliphatic heterocycles. The van der Waals surface area contributed by atoms with E-state index in [1.807, 2.05) is 6.92 Å². The van der Waals surface area contributed by atoms with Crippen molar-refractivity contribution in [1.29, 1.82) is 0 Å². The van der Waals surface area contributed by atoms with Gasteiger partial charge in [0.1, 0.15) is 0 Å². The van der Waals surface area contributed by atoms with Gasteiger partial charge in [0.2, 0.25) is 5.75 Å². The number of benzene rings is 1. The van der Waals surface area contributed by atoms with Gasteiger partial charge in [0, 0.05) is 0 Å². The Kier molecular flexibility index (Phi) is 5.48. The normalized spacial score (nSPS) is 11.8. The van der Waals surface area contributed by atoms with Crippen LogP contribution < -0.4 is 14.2 Å². The zero-order valence-electron chi connectivity index (χ0n) is 11.7. The molecule has 0 saturated heterocycles. The van der Waals surface area contributed by atoms with Gasteiger partial charge in [-0.2, -0.15) is 0 Å². The average molecular weight is 268 g/mol. The molecule has 1 N–H and O–H groups in total. The summed E-state index contributed by atoms with van der Waals surface area (Å²) in [5.41, 5.74) is 0.851. The average Bonchev–Trinajstić information content (AvgIpc) is 2.42. The van der Waals surface area contributed by atoms with Crippen molar-refractivity contribution in [2.45, 2.75) is 19.8 Å². The first-order chi connectivity index (χ1) is 9.07. The molecular weight excluding hydrogens is 248 g/mol. The molecule has 0 fully saturated rings. The van der Waals surface area contributed by atoms with Crippen molar-refractivity contribution >= 4 is 5.97 Å². The number of carboxylic acid groups (broad SMARTS) is 1. The van der Waals surface area contributed by atoms with Crippen LogP contribution in [0.5, 0.6) is 17.2 Å². The van der Waals surface area contributed by atoms with E-state index in [0.717, 1.165) is 5.56 Å². The SMILES string of the molecule is CCC(Cc1cc(OC)c(OC)c(OC)c1)C(=O)O. The minimum atomic E-state index is -0.795. The molecule has 0 amide bonds. The number of carboxylic acids is 1. The summed E-state index contributed by atoms with van der Waals surface area (Å²) >= 11 is 0. The first-order valence-electron chi connectivity index (χ1n) is 6.09. The Morgan fingerprint density at radius 3 is 2.00 bits per heavy atom.